The Morgan fingerprint density at radius 2 is 1.85 bits per heavy atom. The normalized spacial score (nSPS) is 24.5. The van der Waals surface area contributed by atoms with E-state index in [1.54, 1.807) is 0 Å². The largest absolute Gasteiger partial charge is 0.444 e. The Morgan fingerprint density at radius 1 is 1.23 bits per heavy atom. The average Bonchev–Trinajstić information content (AvgIpc) is 2.43. The number of piperidine rings is 2. The van der Waals surface area contributed by atoms with Crippen LogP contribution in [0, 0.1) is 0 Å². The summed E-state index contributed by atoms with van der Waals surface area (Å²) < 4.78 is 5.10. The number of ether oxygens (including phenoxy) is 1. The summed E-state index contributed by atoms with van der Waals surface area (Å²) >= 11 is 0. The van der Waals surface area contributed by atoms with E-state index in [4.69, 9.17) is 10.5 Å². The van der Waals surface area contributed by atoms with Crippen LogP contribution in [0.3, 0.4) is 0 Å². The van der Waals surface area contributed by atoms with E-state index >= 15 is 0 Å². The standard InChI is InChI=1S/C10H18N2O3.C7H16N2.2CH4/c1-10(2,3)15-9(14)12-7-4-5-8(13)11-6-7;1-7(2)4-3-6(8)5-9-7;;/h7H,4-6H2,1-3H3,(H,11,13)(H,12,14);6,9H,3-5,8H2,1-2H3;2*1H4/t7-;6-;;/m00../s1. The molecule has 2 saturated heterocycles. The Hall–Kier alpha value is -1.34. The molecule has 0 bridgehead atoms. The summed E-state index contributed by atoms with van der Waals surface area (Å²) in [6.07, 6.45) is 3.07. The maximum Gasteiger partial charge on any atom is 0.407 e. The zero-order valence-electron chi connectivity index (χ0n) is 15.7. The van der Waals surface area contributed by atoms with E-state index < -0.39 is 11.7 Å². The molecule has 2 aliphatic rings. The Morgan fingerprint density at radius 3 is 2.23 bits per heavy atom. The smallest absolute Gasteiger partial charge is 0.407 e. The van der Waals surface area contributed by atoms with Gasteiger partial charge in [0, 0.05) is 31.1 Å². The monoisotopic (exact) mass is 374 g/mol. The Bertz CT molecular complexity index is 413. The van der Waals surface area contributed by atoms with E-state index in [2.05, 4.69) is 29.8 Å². The number of nitrogens with two attached hydrogens (primary N) is 1. The van der Waals surface area contributed by atoms with E-state index in [-0.39, 0.29) is 26.8 Å². The molecule has 2 atom stereocenters. The van der Waals surface area contributed by atoms with E-state index in [0.717, 1.165) is 6.54 Å². The molecule has 0 aromatic carbocycles. The summed E-state index contributed by atoms with van der Waals surface area (Å²) in [6.45, 7) is 11.3. The fourth-order valence-electron chi connectivity index (χ4n) is 2.47. The predicted octanol–water partition coefficient (Wildman–Crippen LogP) is 2.54. The molecule has 2 amide bonds. The highest BCUT2D eigenvalue weighted by atomic mass is 16.6. The van der Waals surface area contributed by atoms with Crippen molar-refractivity contribution in [1.29, 1.82) is 0 Å². The number of hydrogen-bond acceptors (Lipinski definition) is 5. The van der Waals surface area contributed by atoms with E-state index in [0.29, 0.717) is 31.0 Å². The summed E-state index contributed by atoms with van der Waals surface area (Å²) in [4.78, 5) is 22.2. The van der Waals surface area contributed by atoms with Gasteiger partial charge in [0.05, 0.1) is 6.04 Å². The molecule has 2 rings (SSSR count). The molecule has 2 heterocycles. The topological polar surface area (TPSA) is 105 Å². The van der Waals surface area contributed by atoms with Gasteiger partial charge in [-0.3, -0.25) is 4.79 Å². The van der Waals surface area contributed by atoms with Crippen LogP contribution in [0.1, 0.15) is 75.2 Å². The van der Waals surface area contributed by atoms with Crippen molar-refractivity contribution in [1.82, 2.24) is 16.0 Å². The highest BCUT2D eigenvalue weighted by Crippen LogP contribution is 2.16. The van der Waals surface area contributed by atoms with Gasteiger partial charge in [-0.1, -0.05) is 14.9 Å². The predicted molar refractivity (Wildman–Crippen MR) is 108 cm³/mol. The first-order valence-corrected chi connectivity index (χ1v) is 8.74. The molecule has 0 aromatic rings. The summed E-state index contributed by atoms with van der Waals surface area (Å²) in [5, 5.41) is 8.79. The van der Waals surface area contributed by atoms with Crippen molar-refractivity contribution in [3.63, 3.8) is 0 Å². The lowest BCUT2D eigenvalue weighted by atomic mass is 9.91. The van der Waals surface area contributed by atoms with Crippen molar-refractivity contribution in [3.05, 3.63) is 0 Å². The van der Waals surface area contributed by atoms with Crippen molar-refractivity contribution in [2.75, 3.05) is 13.1 Å². The molecule has 0 aliphatic carbocycles. The van der Waals surface area contributed by atoms with Crippen molar-refractivity contribution >= 4 is 12.0 Å². The molecule has 7 nitrogen and oxygen atoms in total. The average molecular weight is 375 g/mol. The quantitative estimate of drug-likeness (QED) is 0.564. The number of carbonyl (C=O) groups is 2. The van der Waals surface area contributed by atoms with E-state index in [1.165, 1.54) is 12.8 Å². The molecular weight excluding hydrogens is 332 g/mol. The second kappa shape index (κ2) is 11.4. The van der Waals surface area contributed by atoms with Crippen molar-refractivity contribution in [3.8, 4) is 0 Å². The minimum atomic E-state index is -0.484. The van der Waals surface area contributed by atoms with Gasteiger partial charge in [0.2, 0.25) is 5.91 Å². The lowest BCUT2D eigenvalue weighted by Gasteiger charge is -2.34. The van der Waals surface area contributed by atoms with Gasteiger partial charge in [-0.15, -0.1) is 0 Å². The summed E-state index contributed by atoms with van der Waals surface area (Å²) in [5.41, 5.74) is 5.54. The number of rotatable bonds is 1. The molecule has 2 fully saturated rings. The maximum absolute atomic E-state index is 11.4. The van der Waals surface area contributed by atoms with Crippen LogP contribution in [0.5, 0.6) is 0 Å². The van der Waals surface area contributed by atoms with Gasteiger partial charge in [-0.25, -0.2) is 4.79 Å². The zero-order valence-corrected chi connectivity index (χ0v) is 15.7. The maximum atomic E-state index is 11.4. The van der Waals surface area contributed by atoms with Crippen LogP contribution in [-0.2, 0) is 9.53 Å². The number of alkyl carbamates (subject to hydrolysis) is 1. The van der Waals surface area contributed by atoms with Crippen molar-refractivity contribution < 1.29 is 14.3 Å². The minimum Gasteiger partial charge on any atom is -0.444 e. The summed E-state index contributed by atoms with van der Waals surface area (Å²) in [7, 11) is 0. The van der Waals surface area contributed by atoms with Crippen LogP contribution in [0.2, 0.25) is 0 Å². The molecule has 0 spiro atoms. The lowest BCUT2D eigenvalue weighted by Crippen LogP contribution is -2.51. The van der Waals surface area contributed by atoms with Crippen LogP contribution in [-0.4, -0.2) is 48.3 Å². The van der Waals surface area contributed by atoms with E-state index in [9.17, 15) is 9.59 Å². The van der Waals surface area contributed by atoms with Gasteiger partial charge < -0.3 is 26.4 Å². The summed E-state index contributed by atoms with van der Waals surface area (Å²) in [6, 6.07) is 0.371. The Kier molecular flexibility index (Phi) is 11.8. The second-order valence-corrected chi connectivity index (χ2v) is 8.25. The molecule has 156 valence electrons. The molecular formula is C19H42N4O3. The van der Waals surface area contributed by atoms with Gasteiger partial charge >= 0.3 is 6.09 Å². The molecule has 7 heteroatoms. The number of nitrogens with one attached hydrogen (secondary N) is 3. The third kappa shape index (κ3) is 12.1. The molecule has 2 aliphatic heterocycles. The fourth-order valence-corrected chi connectivity index (χ4v) is 2.47. The molecule has 26 heavy (non-hydrogen) atoms. The first kappa shape index (κ1) is 26.9. The van der Waals surface area contributed by atoms with Crippen LogP contribution < -0.4 is 21.7 Å². The highest BCUT2D eigenvalue weighted by molar-refractivity contribution is 5.77. The van der Waals surface area contributed by atoms with Crippen LogP contribution in [0.25, 0.3) is 0 Å². The van der Waals surface area contributed by atoms with Crippen LogP contribution in [0.15, 0.2) is 0 Å². The highest BCUT2D eigenvalue weighted by Gasteiger charge is 2.24. The van der Waals surface area contributed by atoms with Crippen molar-refractivity contribution in [2.24, 2.45) is 5.73 Å². The van der Waals surface area contributed by atoms with Gasteiger partial charge in [0.25, 0.3) is 0 Å². The first-order valence-electron chi connectivity index (χ1n) is 8.74. The molecule has 0 radical (unpaired) electrons. The van der Waals surface area contributed by atoms with Crippen LogP contribution >= 0.6 is 0 Å². The molecule has 5 N–H and O–H groups in total. The Balaban J connectivity index is 0. The molecule has 0 unspecified atom stereocenters. The fraction of sp³-hybridized carbons (Fsp3) is 0.895. The van der Waals surface area contributed by atoms with Gasteiger partial charge in [-0.05, 0) is 53.9 Å². The summed E-state index contributed by atoms with van der Waals surface area (Å²) in [5.74, 6) is 0.0391. The number of hydrogen-bond donors (Lipinski definition) is 4. The molecule has 0 saturated carbocycles. The SMILES string of the molecule is C.C.CC(C)(C)OC(=O)N[C@H]1CCC(=O)NC1.CC1(C)CC[C@H](N)CN1. The van der Waals surface area contributed by atoms with E-state index in [1.807, 2.05) is 20.8 Å². The number of amides is 2. The number of carbonyl (C=O) groups excluding carboxylic acids is 2. The Labute approximate surface area is 160 Å². The van der Waals surface area contributed by atoms with Gasteiger partial charge in [0.15, 0.2) is 0 Å². The van der Waals surface area contributed by atoms with Crippen molar-refractivity contribution in [2.45, 2.75) is 98.4 Å². The third-order valence-corrected chi connectivity index (χ3v) is 3.97. The molecule has 0 aromatic heterocycles. The van der Waals surface area contributed by atoms with Gasteiger partial charge in [0.1, 0.15) is 5.60 Å². The second-order valence-electron chi connectivity index (χ2n) is 8.25. The minimum absolute atomic E-state index is 0. The third-order valence-electron chi connectivity index (χ3n) is 3.97. The zero-order chi connectivity index (χ0) is 18.4. The van der Waals surface area contributed by atoms with Gasteiger partial charge in [-0.2, -0.15) is 0 Å². The first-order chi connectivity index (χ1) is 11.0. The van der Waals surface area contributed by atoms with Crippen LogP contribution in [0.4, 0.5) is 4.79 Å². The lowest BCUT2D eigenvalue weighted by molar-refractivity contribution is -0.122.